The molecule has 0 saturated heterocycles. The van der Waals surface area contributed by atoms with Crippen molar-refractivity contribution >= 4 is 16.7 Å². The molecule has 0 saturated carbocycles. The molecule has 4 aromatic rings. The molecule has 0 bridgehead atoms. The summed E-state index contributed by atoms with van der Waals surface area (Å²) in [6.45, 7) is 0. The summed E-state index contributed by atoms with van der Waals surface area (Å²) in [5, 5.41) is 0.796. The van der Waals surface area contributed by atoms with Gasteiger partial charge in [-0.05, 0) is 48.5 Å². The van der Waals surface area contributed by atoms with Gasteiger partial charge in [-0.2, -0.15) is 0 Å². The van der Waals surface area contributed by atoms with Crippen LogP contribution in [0.1, 0.15) is 10.4 Å². The van der Waals surface area contributed by atoms with Gasteiger partial charge in [-0.25, -0.2) is 9.18 Å². The SMILES string of the molecule is COc1ccc(OC(=O)c2cn(-c3cccc(F)c3)c(=O)c3ccccc23)cc1. The lowest BCUT2D eigenvalue weighted by Crippen LogP contribution is -2.22. The van der Waals surface area contributed by atoms with E-state index in [0.29, 0.717) is 28.0 Å². The van der Waals surface area contributed by atoms with E-state index in [1.807, 2.05) is 0 Å². The van der Waals surface area contributed by atoms with Gasteiger partial charge in [-0.1, -0.05) is 24.3 Å². The van der Waals surface area contributed by atoms with Crippen LogP contribution in [0.2, 0.25) is 0 Å². The second kappa shape index (κ2) is 7.59. The van der Waals surface area contributed by atoms with Crippen LogP contribution in [-0.2, 0) is 0 Å². The third-order valence-corrected chi connectivity index (χ3v) is 4.50. The first-order valence-electron chi connectivity index (χ1n) is 8.83. The van der Waals surface area contributed by atoms with E-state index in [1.165, 1.54) is 29.0 Å². The van der Waals surface area contributed by atoms with Crippen molar-refractivity contribution in [3.05, 3.63) is 101 Å². The van der Waals surface area contributed by atoms with Gasteiger partial charge in [0, 0.05) is 17.0 Å². The Balaban J connectivity index is 1.83. The fourth-order valence-corrected chi connectivity index (χ4v) is 3.08. The van der Waals surface area contributed by atoms with Gasteiger partial charge in [-0.15, -0.1) is 0 Å². The molecule has 144 valence electrons. The summed E-state index contributed by atoms with van der Waals surface area (Å²) in [5.74, 6) is -0.139. The maximum atomic E-state index is 13.7. The minimum Gasteiger partial charge on any atom is -0.497 e. The second-order valence-electron chi connectivity index (χ2n) is 6.31. The Hall–Kier alpha value is -3.93. The van der Waals surface area contributed by atoms with Crippen molar-refractivity contribution in [2.45, 2.75) is 0 Å². The number of hydrogen-bond donors (Lipinski definition) is 0. The van der Waals surface area contributed by atoms with Gasteiger partial charge in [0.25, 0.3) is 5.56 Å². The van der Waals surface area contributed by atoms with Crippen LogP contribution in [-0.4, -0.2) is 17.6 Å². The highest BCUT2D eigenvalue weighted by Gasteiger charge is 2.17. The van der Waals surface area contributed by atoms with Crippen molar-refractivity contribution in [3.8, 4) is 17.2 Å². The highest BCUT2D eigenvalue weighted by atomic mass is 19.1. The van der Waals surface area contributed by atoms with Gasteiger partial charge in [0.15, 0.2) is 0 Å². The number of pyridine rings is 1. The molecule has 0 aliphatic heterocycles. The first-order chi connectivity index (χ1) is 14.1. The molecular weight excluding hydrogens is 373 g/mol. The number of aromatic nitrogens is 1. The third kappa shape index (κ3) is 3.60. The van der Waals surface area contributed by atoms with Crippen molar-refractivity contribution in [1.82, 2.24) is 4.57 Å². The molecule has 0 aliphatic rings. The molecule has 1 aromatic heterocycles. The normalized spacial score (nSPS) is 10.7. The largest absolute Gasteiger partial charge is 0.497 e. The Morgan fingerprint density at radius 3 is 2.28 bits per heavy atom. The van der Waals surface area contributed by atoms with E-state index in [2.05, 4.69) is 0 Å². The van der Waals surface area contributed by atoms with E-state index in [-0.39, 0.29) is 11.1 Å². The molecule has 0 amide bonds. The molecule has 5 nitrogen and oxygen atoms in total. The molecule has 3 aromatic carbocycles. The van der Waals surface area contributed by atoms with Crippen molar-refractivity contribution in [2.24, 2.45) is 0 Å². The molecule has 0 N–H and O–H groups in total. The molecule has 0 fully saturated rings. The monoisotopic (exact) mass is 389 g/mol. The number of ether oxygens (including phenoxy) is 2. The maximum Gasteiger partial charge on any atom is 0.345 e. The summed E-state index contributed by atoms with van der Waals surface area (Å²) in [7, 11) is 1.54. The van der Waals surface area contributed by atoms with Crippen LogP contribution >= 0.6 is 0 Å². The van der Waals surface area contributed by atoms with Crippen LogP contribution in [0.4, 0.5) is 4.39 Å². The Bertz CT molecular complexity index is 1260. The van der Waals surface area contributed by atoms with E-state index >= 15 is 0 Å². The first-order valence-corrected chi connectivity index (χ1v) is 8.83. The number of rotatable bonds is 4. The zero-order chi connectivity index (χ0) is 20.4. The first kappa shape index (κ1) is 18.4. The molecule has 6 heteroatoms. The molecule has 0 aliphatic carbocycles. The molecule has 0 atom stereocenters. The van der Waals surface area contributed by atoms with Crippen molar-refractivity contribution < 1.29 is 18.7 Å². The molecule has 4 rings (SSSR count). The number of benzene rings is 3. The van der Waals surface area contributed by atoms with Crippen LogP contribution in [0.5, 0.6) is 11.5 Å². The predicted octanol–water partition coefficient (Wildman–Crippen LogP) is 4.36. The van der Waals surface area contributed by atoms with E-state index < -0.39 is 11.8 Å². The fraction of sp³-hybridized carbons (Fsp3) is 0.0435. The molecule has 0 spiro atoms. The van der Waals surface area contributed by atoms with Crippen LogP contribution in [0.15, 0.2) is 83.8 Å². The fourth-order valence-electron chi connectivity index (χ4n) is 3.08. The number of fused-ring (bicyclic) bond motifs is 1. The third-order valence-electron chi connectivity index (χ3n) is 4.50. The van der Waals surface area contributed by atoms with E-state index in [4.69, 9.17) is 9.47 Å². The number of hydrogen-bond acceptors (Lipinski definition) is 4. The molecule has 29 heavy (non-hydrogen) atoms. The standard InChI is InChI=1S/C23H16FNO4/c1-28-17-9-11-18(12-10-17)29-23(27)21-14-25(16-6-4-5-15(24)13-16)22(26)20-8-3-2-7-19(20)21/h2-14H,1H3. The van der Waals surface area contributed by atoms with Gasteiger partial charge in [0.2, 0.25) is 0 Å². The van der Waals surface area contributed by atoms with Crippen LogP contribution in [0.3, 0.4) is 0 Å². The van der Waals surface area contributed by atoms with Gasteiger partial charge in [0.1, 0.15) is 17.3 Å². The smallest absolute Gasteiger partial charge is 0.345 e. The van der Waals surface area contributed by atoms with Crippen molar-refractivity contribution in [1.29, 1.82) is 0 Å². The highest BCUT2D eigenvalue weighted by molar-refractivity contribution is 6.04. The van der Waals surface area contributed by atoms with Crippen LogP contribution in [0, 0.1) is 5.82 Å². The maximum absolute atomic E-state index is 13.7. The Morgan fingerprint density at radius 1 is 0.897 bits per heavy atom. The van der Waals surface area contributed by atoms with E-state index in [0.717, 1.165) is 0 Å². The lowest BCUT2D eigenvalue weighted by Gasteiger charge is -2.12. The lowest BCUT2D eigenvalue weighted by molar-refractivity contribution is 0.0736. The van der Waals surface area contributed by atoms with E-state index in [9.17, 15) is 14.0 Å². The van der Waals surface area contributed by atoms with E-state index in [1.54, 1.807) is 61.7 Å². The topological polar surface area (TPSA) is 57.5 Å². The van der Waals surface area contributed by atoms with Crippen molar-refractivity contribution in [3.63, 3.8) is 0 Å². The Morgan fingerprint density at radius 2 is 1.59 bits per heavy atom. The number of nitrogens with zero attached hydrogens (tertiary/aromatic N) is 1. The molecule has 0 radical (unpaired) electrons. The zero-order valence-corrected chi connectivity index (χ0v) is 15.5. The lowest BCUT2D eigenvalue weighted by atomic mass is 10.1. The second-order valence-corrected chi connectivity index (χ2v) is 6.31. The molecule has 0 unspecified atom stereocenters. The predicted molar refractivity (Wildman–Crippen MR) is 107 cm³/mol. The summed E-state index contributed by atoms with van der Waals surface area (Å²) >= 11 is 0. The van der Waals surface area contributed by atoms with Gasteiger partial charge in [0.05, 0.1) is 18.4 Å². The molecule has 1 heterocycles. The number of carbonyl (C=O) groups is 1. The number of halogens is 1. The average molecular weight is 389 g/mol. The summed E-state index contributed by atoms with van der Waals surface area (Å²) in [6.07, 6.45) is 1.38. The quantitative estimate of drug-likeness (QED) is 0.384. The van der Waals surface area contributed by atoms with Crippen molar-refractivity contribution in [2.75, 3.05) is 7.11 Å². The Kier molecular flexibility index (Phi) is 4.83. The van der Waals surface area contributed by atoms with Crippen LogP contribution in [0.25, 0.3) is 16.5 Å². The van der Waals surface area contributed by atoms with Gasteiger partial charge < -0.3 is 9.47 Å². The minimum atomic E-state index is -0.628. The summed E-state index contributed by atoms with van der Waals surface area (Å²) in [4.78, 5) is 25.8. The zero-order valence-electron chi connectivity index (χ0n) is 15.5. The summed E-state index contributed by atoms with van der Waals surface area (Å²) in [6, 6.07) is 18.9. The summed E-state index contributed by atoms with van der Waals surface area (Å²) in [5.41, 5.74) is 0.159. The highest BCUT2D eigenvalue weighted by Crippen LogP contribution is 2.22. The minimum absolute atomic E-state index is 0.195. The summed E-state index contributed by atoms with van der Waals surface area (Å²) < 4.78 is 25.5. The number of esters is 1. The Labute approximate surface area is 165 Å². The molecular formula is C23H16FNO4. The van der Waals surface area contributed by atoms with Gasteiger partial charge in [-0.3, -0.25) is 9.36 Å². The van der Waals surface area contributed by atoms with Gasteiger partial charge >= 0.3 is 5.97 Å². The average Bonchev–Trinajstić information content (AvgIpc) is 2.74. The van der Waals surface area contributed by atoms with Crippen LogP contribution < -0.4 is 15.0 Å². The number of methoxy groups -OCH3 is 1. The number of carbonyl (C=O) groups excluding carboxylic acids is 1.